The van der Waals surface area contributed by atoms with Gasteiger partial charge in [0.25, 0.3) is 11.8 Å². The second kappa shape index (κ2) is 8.38. The molecule has 27 heavy (non-hydrogen) atoms. The SMILES string of the molecule is C=CCN1C(=O)/C(=C\C=C\c2ccccc2)C(=O)N(c2ccccc2)C1=S. The Kier molecular flexibility index (Phi) is 5.74. The molecule has 0 unspecified atom stereocenters. The van der Waals surface area contributed by atoms with E-state index in [1.54, 1.807) is 24.3 Å². The van der Waals surface area contributed by atoms with Gasteiger partial charge in [-0.25, -0.2) is 0 Å². The molecule has 0 radical (unpaired) electrons. The highest BCUT2D eigenvalue weighted by Gasteiger charge is 2.39. The third kappa shape index (κ3) is 3.93. The van der Waals surface area contributed by atoms with E-state index in [-0.39, 0.29) is 17.2 Å². The van der Waals surface area contributed by atoms with Crippen LogP contribution in [0.4, 0.5) is 5.69 Å². The number of hydrogen-bond acceptors (Lipinski definition) is 3. The first-order valence-electron chi connectivity index (χ1n) is 8.43. The van der Waals surface area contributed by atoms with Crippen molar-refractivity contribution < 1.29 is 9.59 Å². The van der Waals surface area contributed by atoms with Crippen LogP contribution in [0.25, 0.3) is 6.08 Å². The van der Waals surface area contributed by atoms with E-state index in [1.165, 1.54) is 15.9 Å². The highest BCUT2D eigenvalue weighted by molar-refractivity contribution is 7.80. The summed E-state index contributed by atoms with van der Waals surface area (Å²) in [6.07, 6.45) is 6.65. The van der Waals surface area contributed by atoms with Gasteiger partial charge in [0.2, 0.25) is 0 Å². The van der Waals surface area contributed by atoms with Gasteiger partial charge in [0.15, 0.2) is 5.11 Å². The second-order valence-corrected chi connectivity index (χ2v) is 6.18. The molecule has 5 heteroatoms. The van der Waals surface area contributed by atoms with Gasteiger partial charge in [0, 0.05) is 6.54 Å². The molecule has 2 amide bonds. The lowest BCUT2D eigenvalue weighted by atomic mass is 10.1. The maximum Gasteiger partial charge on any atom is 0.270 e. The third-order valence-corrected chi connectivity index (χ3v) is 4.41. The van der Waals surface area contributed by atoms with Crippen molar-refractivity contribution in [3.63, 3.8) is 0 Å². The summed E-state index contributed by atoms with van der Waals surface area (Å²) in [7, 11) is 0. The van der Waals surface area contributed by atoms with Crippen LogP contribution in [0.2, 0.25) is 0 Å². The Bertz CT molecular complexity index is 933. The van der Waals surface area contributed by atoms with Crippen molar-refractivity contribution in [2.45, 2.75) is 0 Å². The van der Waals surface area contributed by atoms with Gasteiger partial charge in [-0.15, -0.1) is 6.58 Å². The molecule has 0 bridgehead atoms. The van der Waals surface area contributed by atoms with Crippen molar-refractivity contribution in [2.24, 2.45) is 0 Å². The zero-order valence-electron chi connectivity index (χ0n) is 14.6. The number of benzene rings is 2. The van der Waals surface area contributed by atoms with Crippen LogP contribution in [0.5, 0.6) is 0 Å². The Labute approximate surface area is 163 Å². The third-order valence-electron chi connectivity index (χ3n) is 4.01. The van der Waals surface area contributed by atoms with Crippen molar-refractivity contribution in [3.8, 4) is 0 Å². The molecule has 0 spiro atoms. The topological polar surface area (TPSA) is 40.6 Å². The van der Waals surface area contributed by atoms with Crippen LogP contribution in [-0.4, -0.2) is 28.4 Å². The van der Waals surface area contributed by atoms with Gasteiger partial charge >= 0.3 is 0 Å². The smallest absolute Gasteiger partial charge is 0.270 e. The monoisotopic (exact) mass is 374 g/mol. The molecule has 1 aliphatic heterocycles. The highest BCUT2D eigenvalue weighted by Crippen LogP contribution is 2.24. The summed E-state index contributed by atoms with van der Waals surface area (Å²) < 4.78 is 0. The number of carbonyl (C=O) groups excluding carboxylic acids is 2. The van der Waals surface area contributed by atoms with Gasteiger partial charge in [-0.05, 0) is 36.0 Å². The number of nitrogens with zero attached hydrogens (tertiary/aromatic N) is 2. The molecule has 3 rings (SSSR count). The predicted octanol–water partition coefficient (Wildman–Crippen LogP) is 3.97. The molecular weight excluding hydrogens is 356 g/mol. The molecule has 1 fully saturated rings. The maximum atomic E-state index is 13.0. The Morgan fingerprint density at radius 1 is 0.926 bits per heavy atom. The minimum atomic E-state index is -0.436. The van der Waals surface area contributed by atoms with Crippen LogP contribution in [0.3, 0.4) is 0 Å². The van der Waals surface area contributed by atoms with Crippen molar-refractivity contribution >= 4 is 40.9 Å². The largest absolute Gasteiger partial charge is 0.280 e. The molecule has 1 heterocycles. The molecule has 4 nitrogen and oxygen atoms in total. The minimum absolute atomic E-state index is 0.0569. The van der Waals surface area contributed by atoms with E-state index in [4.69, 9.17) is 12.2 Å². The highest BCUT2D eigenvalue weighted by atomic mass is 32.1. The van der Waals surface area contributed by atoms with Crippen LogP contribution in [0.15, 0.2) is 91.0 Å². The van der Waals surface area contributed by atoms with E-state index in [1.807, 2.05) is 54.6 Å². The number of carbonyl (C=O) groups is 2. The molecule has 0 saturated carbocycles. The fourth-order valence-corrected chi connectivity index (χ4v) is 3.05. The number of anilines is 1. The first-order chi connectivity index (χ1) is 13.1. The molecule has 0 aromatic heterocycles. The van der Waals surface area contributed by atoms with E-state index < -0.39 is 11.8 Å². The van der Waals surface area contributed by atoms with Crippen LogP contribution in [-0.2, 0) is 9.59 Å². The number of hydrogen-bond donors (Lipinski definition) is 0. The molecular formula is C22H18N2O2S. The Morgan fingerprint density at radius 3 is 2.19 bits per heavy atom. The van der Waals surface area contributed by atoms with Crippen molar-refractivity contribution in [3.05, 3.63) is 96.6 Å². The lowest BCUT2D eigenvalue weighted by molar-refractivity contribution is -0.127. The van der Waals surface area contributed by atoms with Crippen LogP contribution < -0.4 is 4.90 Å². The van der Waals surface area contributed by atoms with Gasteiger partial charge in [-0.2, -0.15) is 0 Å². The lowest BCUT2D eigenvalue weighted by Gasteiger charge is -2.36. The molecule has 134 valence electrons. The Morgan fingerprint density at radius 2 is 1.56 bits per heavy atom. The van der Waals surface area contributed by atoms with Gasteiger partial charge in [0.1, 0.15) is 5.57 Å². The van der Waals surface area contributed by atoms with E-state index in [2.05, 4.69) is 6.58 Å². The first-order valence-corrected chi connectivity index (χ1v) is 8.84. The lowest BCUT2D eigenvalue weighted by Crippen LogP contribution is -2.56. The van der Waals surface area contributed by atoms with Crippen LogP contribution in [0.1, 0.15) is 5.56 Å². The summed E-state index contributed by atoms with van der Waals surface area (Å²) in [5.41, 5.74) is 1.65. The van der Waals surface area contributed by atoms with Crippen LogP contribution >= 0.6 is 12.2 Å². The molecule has 2 aromatic carbocycles. The van der Waals surface area contributed by atoms with E-state index in [0.717, 1.165) is 5.56 Å². The van der Waals surface area contributed by atoms with E-state index in [0.29, 0.717) is 5.69 Å². The van der Waals surface area contributed by atoms with Crippen molar-refractivity contribution in [1.29, 1.82) is 0 Å². The Balaban J connectivity index is 1.98. The van der Waals surface area contributed by atoms with Gasteiger partial charge in [-0.3, -0.25) is 19.4 Å². The predicted molar refractivity (Wildman–Crippen MR) is 112 cm³/mol. The van der Waals surface area contributed by atoms with Crippen LogP contribution in [0, 0.1) is 0 Å². The van der Waals surface area contributed by atoms with E-state index >= 15 is 0 Å². The average molecular weight is 374 g/mol. The number of rotatable bonds is 5. The number of allylic oxidation sites excluding steroid dienone is 2. The molecule has 2 aromatic rings. The minimum Gasteiger partial charge on any atom is -0.280 e. The van der Waals surface area contributed by atoms with Gasteiger partial charge in [-0.1, -0.05) is 66.8 Å². The number of amides is 2. The normalized spacial score (nSPS) is 16.4. The summed E-state index contributed by atoms with van der Waals surface area (Å²) in [5.74, 6) is -0.857. The summed E-state index contributed by atoms with van der Waals surface area (Å²) in [6.45, 7) is 3.91. The van der Waals surface area contributed by atoms with Gasteiger partial charge in [0.05, 0.1) is 5.69 Å². The quantitative estimate of drug-likeness (QED) is 0.344. The second-order valence-electron chi connectivity index (χ2n) is 5.81. The van der Waals surface area contributed by atoms with E-state index in [9.17, 15) is 9.59 Å². The molecule has 0 aliphatic carbocycles. The molecule has 0 atom stereocenters. The first kappa shape index (κ1) is 18.5. The molecule has 1 saturated heterocycles. The average Bonchev–Trinajstić information content (AvgIpc) is 2.69. The number of para-hydroxylation sites is 1. The molecule has 0 N–H and O–H groups in total. The zero-order chi connectivity index (χ0) is 19.2. The van der Waals surface area contributed by atoms with Crippen molar-refractivity contribution in [1.82, 2.24) is 4.90 Å². The summed E-state index contributed by atoms with van der Waals surface area (Å²) >= 11 is 5.41. The Hall–Kier alpha value is -3.31. The summed E-state index contributed by atoms with van der Waals surface area (Å²) in [4.78, 5) is 28.5. The number of thiocarbonyl (C=S) groups is 1. The standard InChI is InChI=1S/C22H18N2O2S/c1-2-16-23-20(25)19(15-9-12-17-10-5-3-6-11-17)21(26)24(22(23)27)18-13-7-4-8-14-18/h2-15H,1,16H2/b12-9+,19-15+. The fraction of sp³-hybridized carbons (Fsp3) is 0.0455. The van der Waals surface area contributed by atoms with Crippen molar-refractivity contribution in [2.75, 3.05) is 11.4 Å². The summed E-state index contributed by atoms with van der Waals surface area (Å²) in [5, 5.41) is 0.153. The summed E-state index contributed by atoms with van der Waals surface area (Å²) in [6, 6.07) is 18.7. The van der Waals surface area contributed by atoms with Gasteiger partial charge < -0.3 is 0 Å². The molecule has 1 aliphatic rings. The zero-order valence-corrected chi connectivity index (χ0v) is 15.4. The maximum absolute atomic E-state index is 13.0. The fourth-order valence-electron chi connectivity index (χ4n) is 2.71.